The van der Waals surface area contributed by atoms with Gasteiger partial charge >= 0.3 is 0 Å². The van der Waals surface area contributed by atoms with Gasteiger partial charge in [0, 0.05) is 39.4 Å². The molecule has 0 aliphatic rings. The van der Waals surface area contributed by atoms with E-state index in [1.165, 1.54) is 16.4 Å². The van der Waals surface area contributed by atoms with Crippen molar-refractivity contribution in [3.63, 3.8) is 0 Å². The maximum atomic E-state index is 12.5. The standard InChI is InChI=1S/C16H26N2O4S/c1-4-5-11-18(2)23(20,21)15-9-6-8-14(13-15)16(19)17-10-7-12-22-3/h6,8-9,13H,4-5,7,10-12H2,1-3H3,(H,17,19). The highest BCUT2D eigenvalue weighted by Crippen LogP contribution is 2.16. The number of rotatable bonds is 10. The maximum absolute atomic E-state index is 12.5. The first kappa shape index (κ1) is 19.6. The summed E-state index contributed by atoms with van der Waals surface area (Å²) in [5.41, 5.74) is 0.340. The van der Waals surface area contributed by atoms with Crippen molar-refractivity contribution in [2.45, 2.75) is 31.1 Å². The minimum Gasteiger partial charge on any atom is -0.385 e. The highest BCUT2D eigenvalue weighted by molar-refractivity contribution is 7.89. The third-order valence-electron chi connectivity index (χ3n) is 3.44. The number of methoxy groups -OCH3 is 1. The number of nitrogens with one attached hydrogen (secondary N) is 1. The molecule has 0 aliphatic heterocycles. The highest BCUT2D eigenvalue weighted by Gasteiger charge is 2.21. The second-order valence-corrected chi connectivity index (χ2v) is 7.36. The van der Waals surface area contributed by atoms with Crippen LogP contribution < -0.4 is 5.32 Å². The van der Waals surface area contributed by atoms with Gasteiger partial charge in [0.15, 0.2) is 0 Å². The zero-order valence-corrected chi connectivity index (χ0v) is 14.9. The normalized spacial score (nSPS) is 11.7. The van der Waals surface area contributed by atoms with Gasteiger partial charge in [-0.3, -0.25) is 4.79 Å². The molecule has 0 bridgehead atoms. The van der Waals surface area contributed by atoms with Gasteiger partial charge in [-0.05, 0) is 31.0 Å². The number of nitrogens with zero attached hydrogens (tertiary/aromatic N) is 1. The van der Waals surface area contributed by atoms with Gasteiger partial charge in [-0.2, -0.15) is 0 Å². The van der Waals surface area contributed by atoms with Gasteiger partial charge in [0.25, 0.3) is 5.91 Å². The van der Waals surface area contributed by atoms with E-state index < -0.39 is 10.0 Å². The van der Waals surface area contributed by atoms with Gasteiger partial charge in [0.2, 0.25) is 10.0 Å². The average Bonchev–Trinajstić information content (AvgIpc) is 2.56. The Labute approximate surface area is 138 Å². The Morgan fingerprint density at radius 1 is 1.30 bits per heavy atom. The molecule has 0 atom stereocenters. The van der Waals surface area contributed by atoms with Crippen LogP contribution in [-0.2, 0) is 14.8 Å². The fourth-order valence-electron chi connectivity index (χ4n) is 2.00. The van der Waals surface area contributed by atoms with Gasteiger partial charge in [-0.25, -0.2) is 12.7 Å². The second kappa shape index (κ2) is 9.64. The van der Waals surface area contributed by atoms with Crippen LogP contribution in [0.25, 0.3) is 0 Å². The molecular weight excluding hydrogens is 316 g/mol. The zero-order valence-electron chi connectivity index (χ0n) is 14.0. The van der Waals surface area contributed by atoms with Crippen molar-refractivity contribution < 1.29 is 17.9 Å². The molecule has 1 rings (SSSR count). The van der Waals surface area contributed by atoms with E-state index in [4.69, 9.17) is 4.74 Å². The molecule has 1 aromatic rings. The Kier molecular flexibility index (Phi) is 8.22. The van der Waals surface area contributed by atoms with E-state index >= 15 is 0 Å². The van der Waals surface area contributed by atoms with Crippen LogP contribution in [0.3, 0.4) is 0 Å². The number of ether oxygens (including phenoxy) is 1. The Hall–Kier alpha value is -1.44. The van der Waals surface area contributed by atoms with E-state index in [0.29, 0.717) is 31.7 Å². The van der Waals surface area contributed by atoms with Crippen LogP contribution in [0.1, 0.15) is 36.5 Å². The number of sulfonamides is 1. The van der Waals surface area contributed by atoms with Crippen molar-refractivity contribution in [3.8, 4) is 0 Å². The van der Waals surface area contributed by atoms with Crippen LogP contribution in [0.5, 0.6) is 0 Å². The summed E-state index contributed by atoms with van der Waals surface area (Å²) in [6.45, 7) is 3.53. The van der Waals surface area contributed by atoms with Crippen molar-refractivity contribution in [1.29, 1.82) is 0 Å². The van der Waals surface area contributed by atoms with E-state index in [0.717, 1.165) is 12.8 Å². The number of benzene rings is 1. The Balaban J connectivity index is 2.81. The first-order chi connectivity index (χ1) is 10.9. The third-order valence-corrected chi connectivity index (χ3v) is 5.29. The minimum atomic E-state index is -3.56. The first-order valence-corrected chi connectivity index (χ1v) is 9.21. The van der Waals surface area contributed by atoms with Crippen molar-refractivity contribution in [2.75, 3.05) is 33.9 Å². The number of unbranched alkanes of at least 4 members (excludes halogenated alkanes) is 1. The fraction of sp³-hybridized carbons (Fsp3) is 0.562. The predicted octanol–water partition coefficient (Wildman–Crippen LogP) is 1.87. The van der Waals surface area contributed by atoms with E-state index in [1.807, 2.05) is 6.92 Å². The molecule has 6 nitrogen and oxygen atoms in total. The quantitative estimate of drug-likeness (QED) is 0.659. The van der Waals surface area contributed by atoms with E-state index in [2.05, 4.69) is 5.32 Å². The van der Waals surface area contributed by atoms with Gasteiger partial charge in [0.1, 0.15) is 0 Å². The molecule has 7 heteroatoms. The smallest absolute Gasteiger partial charge is 0.251 e. The van der Waals surface area contributed by atoms with Gasteiger partial charge in [-0.15, -0.1) is 0 Å². The predicted molar refractivity (Wildman–Crippen MR) is 90.0 cm³/mol. The molecule has 130 valence electrons. The summed E-state index contributed by atoms with van der Waals surface area (Å²) >= 11 is 0. The molecule has 1 amide bonds. The molecule has 23 heavy (non-hydrogen) atoms. The van der Waals surface area contributed by atoms with Gasteiger partial charge in [-0.1, -0.05) is 19.4 Å². The van der Waals surface area contributed by atoms with Crippen LogP contribution in [0.2, 0.25) is 0 Å². The third kappa shape index (κ3) is 5.93. The van der Waals surface area contributed by atoms with Crippen LogP contribution in [-0.4, -0.2) is 52.5 Å². The Morgan fingerprint density at radius 3 is 2.70 bits per heavy atom. The summed E-state index contributed by atoms with van der Waals surface area (Å²) in [5, 5.41) is 2.75. The number of hydrogen-bond donors (Lipinski definition) is 1. The molecule has 0 radical (unpaired) electrons. The van der Waals surface area contributed by atoms with Crippen molar-refractivity contribution in [1.82, 2.24) is 9.62 Å². The molecule has 1 aromatic carbocycles. The number of hydrogen-bond acceptors (Lipinski definition) is 4. The molecule has 0 unspecified atom stereocenters. The van der Waals surface area contributed by atoms with Crippen molar-refractivity contribution >= 4 is 15.9 Å². The van der Waals surface area contributed by atoms with Crippen molar-refractivity contribution in [2.24, 2.45) is 0 Å². The summed E-state index contributed by atoms with van der Waals surface area (Å²) in [6, 6.07) is 6.13. The lowest BCUT2D eigenvalue weighted by Crippen LogP contribution is -2.29. The summed E-state index contributed by atoms with van der Waals surface area (Å²) in [4.78, 5) is 12.2. The lowest BCUT2D eigenvalue weighted by atomic mass is 10.2. The topological polar surface area (TPSA) is 75.7 Å². The Morgan fingerprint density at radius 2 is 2.04 bits per heavy atom. The molecular formula is C16H26N2O4S. The molecule has 0 saturated carbocycles. The fourth-order valence-corrected chi connectivity index (χ4v) is 3.25. The molecule has 0 heterocycles. The maximum Gasteiger partial charge on any atom is 0.251 e. The summed E-state index contributed by atoms with van der Waals surface area (Å²) in [5.74, 6) is -0.283. The van der Waals surface area contributed by atoms with Crippen LogP contribution in [0, 0.1) is 0 Å². The zero-order chi connectivity index (χ0) is 17.3. The number of amides is 1. The number of carbonyl (C=O) groups excluding carboxylic acids is 1. The minimum absolute atomic E-state index is 0.139. The molecule has 0 aliphatic carbocycles. The summed E-state index contributed by atoms with van der Waals surface area (Å²) < 4.78 is 31.2. The molecule has 0 spiro atoms. The van der Waals surface area contributed by atoms with Gasteiger partial charge in [0.05, 0.1) is 4.90 Å². The molecule has 0 aromatic heterocycles. The highest BCUT2D eigenvalue weighted by atomic mass is 32.2. The lowest BCUT2D eigenvalue weighted by Gasteiger charge is -2.17. The molecule has 0 saturated heterocycles. The largest absolute Gasteiger partial charge is 0.385 e. The van der Waals surface area contributed by atoms with Crippen LogP contribution in [0.4, 0.5) is 0 Å². The van der Waals surface area contributed by atoms with E-state index in [9.17, 15) is 13.2 Å². The second-order valence-electron chi connectivity index (χ2n) is 5.31. The lowest BCUT2D eigenvalue weighted by molar-refractivity contribution is 0.0948. The van der Waals surface area contributed by atoms with Crippen molar-refractivity contribution in [3.05, 3.63) is 29.8 Å². The first-order valence-electron chi connectivity index (χ1n) is 7.77. The number of carbonyl (C=O) groups is 1. The van der Waals surface area contributed by atoms with E-state index in [-0.39, 0.29) is 10.8 Å². The molecule has 0 fully saturated rings. The van der Waals surface area contributed by atoms with Crippen LogP contribution in [0.15, 0.2) is 29.2 Å². The Bertz CT molecular complexity index is 602. The van der Waals surface area contributed by atoms with Gasteiger partial charge < -0.3 is 10.1 Å². The molecule has 1 N–H and O–H groups in total. The monoisotopic (exact) mass is 342 g/mol. The van der Waals surface area contributed by atoms with Crippen LogP contribution >= 0.6 is 0 Å². The average molecular weight is 342 g/mol. The summed E-state index contributed by atoms with van der Waals surface area (Å²) in [6.07, 6.45) is 2.43. The SMILES string of the molecule is CCCCN(C)S(=O)(=O)c1cccc(C(=O)NCCCOC)c1. The summed E-state index contributed by atoms with van der Waals surface area (Å²) in [7, 11) is -0.403. The van der Waals surface area contributed by atoms with E-state index in [1.54, 1.807) is 26.3 Å².